The second-order valence-electron chi connectivity index (χ2n) is 3.22. The number of nitrogens with zero attached hydrogens (tertiary/aromatic N) is 2. The van der Waals surface area contributed by atoms with Crippen LogP contribution >= 0.6 is 11.8 Å². The summed E-state index contributed by atoms with van der Waals surface area (Å²) in [6.45, 7) is -0.948. The van der Waals surface area contributed by atoms with Crippen molar-refractivity contribution in [3.8, 4) is 0 Å². The summed E-state index contributed by atoms with van der Waals surface area (Å²) in [5, 5.41) is 0.938. The molecule has 1 aromatic carbocycles. The Morgan fingerprint density at radius 3 is 2.44 bits per heavy atom. The molecule has 0 aromatic heterocycles. The Morgan fingerprint density at radius 1 is 1.28 bits per heavy atom. The lowest BCUT2D eigenvalue weighted by Gasteiger charge is -2.13. The molecule has 1 aromatic rings. The Morgan fingerprint density at radius 2 is 1.89 bits per heavy atom. The van der Waals surface area contributed by atoms with E-state index in [9.17, 15) is 13.2 Å². The second-order valence-corrected chi connectivity index (χ2v) is 4.30. The van der Waals surface area contributed by atoms with Gasteiger partial charge in [0.15, 0.2) is 0 Å². The average Bonchev–Trinajstić information content (AvgIpc) is 2.40. The van der Waals surface area contributed by atoms with Gasteiger partial charge in [-0.25, -0.2) is 13.2 Å². The fourth-order valence-electron chi connectivity index (χ4n) is 1.43. The zero-order valence-corrected chi connectivity index (χ0v) is 10.7. The van der Waals surface area contributed by atoms with E-state index in [0.29, 0.717) is 0 Å². The van der Waals surface area contributed by atoms with Gasteiger partial charge in [-0.1, -0.05) is 0 Å². The highest BCUT2D eigenvalue weighted by Gasteiger charge is 2.15. The first-order valence-corrected chi connectivity index (χ1v) is 6.23. The zero-order chi connectivity index (χ0) is 13.4. The van der Waals surface area contributed by atoms with Crippen molar-refractivity contribution < 1.29 is 13.2 Å². The lowest BCUT2D eigenvalue weighted by molar-refractivity contribution is 0.295. The number of aliphatic imine (C=N–C) groups is 2. The molecule has 1 aliphatic heterocycles. The van der Waals surface area contributed by atoms with Crippen molar-refractivity contribution in [2.24, 2.45) is 9.98 Å². The van der Waals surface area contributed by atoms with Crippen LogP contribution in [0.2, 0.25) is 0 Å². The minimum atomic E-state index is -1.75. The number of rotatable bonds is 1. The molecule has 0 bridgehead atoms. The molecule has 0 saturated carbocycles. The van der Waals surface area contributed by atoms with Gasteiger partial charge in [-0.15, -0.1) is 11.8 Å². The van der Waals surface area contributed by atoms with Crippen LogP contribution in [0.3, 0.4) is 0 Å². The van der Waals surface area contributed by atoms with Crippen molar-refractivity contribution in [2.75, 3.05) is 26.3 Å². The Bertz CT molecular complexity index is 429. The maximum atomic E-state index is 12.8. The highest BCUT2D eigenvalue weighted by molar-refractivity contribution is 8.15. The number of thioether (sulfide) groups is 1. The molecule has 0 fully saturated rings. The number of hydrogen-bond acceptors (Lipinski definition) is 3. The largest absolute Gasteiger partial charge is 0.281 e. The molecular weight excluding hydrogens is 261 g/mol. The third-order valence-corrected chi connectivity index (χ3v) is 3.16. The molecule has 0 spiro atoms. The highest BCUT2D eigenvalue weighted by Crippen LogP contribution is 2.17. The van der Waals surface area contributed by atoms with E-state index >= 15 is 0 Å². The molecule has 18 heavy (non-hydrogen) atoms. The van der Waals surface area contributed by atoms with Gasteiger partial charge in [-0.2, -0.15) is 0 Å². The van der Waals surface area contributed by atoms with Crippen LogP contribution in [0, 0.1) is 5.82 Å². The topological polar surface area (TPSA) is 24.7 Å². The molecule has 0 amide bonds. The van der Waals surface area contributed by atoms with Gasteiger partial charge < -0.3 is 0 Å². The van der Waals surface area contributed by atoms with E-state index in [4.69, 9.17) is 0 Å². The molecule has 0 atom stereocenters. The summed E-state index contributed by atoms with van der Waals surface area (Å²) < 4.78 is 32.0. The zero-order valence-electron chi connectivity index (χ0n) is 9.87. The van der Waals surface area contributed by atoms with Gasteiger partial charge in [0, 0.05) is 24.9 Å². The molecule has 0 N–H and O–H groups in total. The Hall–Kier alpha value is -1.30. The smallest absolute Gasteiger partial charge is 0.229 e. The fraction of sp³-hybridized carbons (Fsp3) is 0.333. The summed E-state index contributed by atoms with van der Waals surface area (Å²) in [4.78, 5) is 8.61. The predicted molar refractivity (Wildman–Crippen MR) is 70.7 cm³/mol. The van der Waals surface area contributed by atoms with Crippen LogP contribution in [0.4, 0.5) is 13.2 Å². The van der Waals surface area contributed by atoms with Crippen LogP contribution in [-0.2, 0) is 0 Å². The van der Waals surface area contributed by atoms with E-state index in [2.05, 4.69) is 9.98 Å². The van der Waals surface area contributed by atoms with Crippen LogP contribution in [0.1, 0.15) is 5.56 Å². The second kappa shape index (κ2) is 7.92. The third-order valence-electron chi connectivity index (χ3n) is 2.12. The average molecular weight is 274 g/mol. The van der Waals surface area contributed by atoms with E-state index in [1.807, 2.05) is 0 Å². The summed E-state index contributed by atoms with van der Waals surface area (Å²) in [5.41, 5.74) is 1.82. The van der Waals surface area contributed by atoms with Gasteiger partial charge in [-0.3, -0.25) is 9.98 Å². The van der Waals surface area contributed by atoms with Crippen LogP contribution in [0.15, 0.2) is 34.3 Å². The lowest BCUT2D eigenvalue weighted by Crippen LogP contribution is -2.18. The van der Waals surface area contributed by atoms with Gasteiger partial charge in [0.05, 0.1) is 5.71 Å². The molecule has 2 nitrogen and oxygen atoms in total. The van der Waals surface area contributed by atoms with Crippen LogP contribution in [0.5, 0.6) is 0 Å². The van der Waals surface area contributed by atoms with E-state index in [-0.39, 0.29) is 5.82 Å². The van der Waals surface area contributed by atoms with Crippen molar-refractivity contribution >= 4 is 22.5 Å². The van der Waals surface area contributed by atoms with Crippen LogP contribution in [0.25, 0.3) is 0 Å². The number of hydrogen-bond donors (Lipinski definition) is 0. The summed E-state index contributed by atoms with van der Waals surface area (Å²) in [7, 11) is 1.76. The van der Waals surface area contributed by atoms with Gasteiger partial charge >= 0.3 is 0 Å². The highest BCUT2D eigenvalue weighted by atomic mass is 32.2. The van der Waals surface area contributed by atoms with Gasteiger partial charge in [-0.05, 0) is 24.3 Å². The SMILES string of the molecule is CN=C1SCCN=C1c1ccc(F)cc1.FCF. The van der Waals surface area contributed by atoms with Crippen molar-refractivity contribution in [3.05, 3.63) is 35.6 Å². The molecule has 0 aliphatic carbocycles. The van der Waals surface area contributed by atoms with Crippen LogP contribution < -0.4 is 0 Å². The first-order valence-electron chi connectivity index (χ1n) is 5.25. The van der Waals surface area contributed by atoms with E-state index in [1.165, 1.54) is 12.1 Å². The van der Waals surface area contributed by atoms with Gasteiger partial charge in [0.25, 0.3) is 0 Å². The van der Waals surface area contributed by atoms with Crippen molar-refractivity contribution in [3.63, 3.8) is 0 Å². The minimum Gasteiger partial charge on any atom is -0.281 e. The lowest BCUT2D eigenvalue weighted by atomic mass is 10.1. The maximum absolute atomic E-state index is 12.8. The van der Waals surface area contributed by atoms with Gasteiger partial charge in [0.2, 0.25) is 6.93 Å². The fourth-order valence-corrected chi connectivity index (χ4v) is 2.25. The molecular formula is C12H13F3N2S. The summed E-state index contributed by atoms with van der Waals surface area (Å²) in [6.07, 6.45) is 0. The predicted octanol–water partition coefficient (Wildman–Crippen LogP) is 3.27. The standard InChI is InChI=1S/C11H11FN2S.CH2F2/c1-13-11-10(14-6-7-15-11)8-2-4-9(12)5-3-8;2-1-3/h2-5H,6-7H2,1H3;1H2. The Balaban J connectivity index is 0.000000492. The van der Waals surface area contributed by atoms with E-state index in [1.54, 1.807) is 30.9 Å². The van der Waals surface area contributed by atoms with Gasteiger partial charge in [0.1, 0.15) is 10.9 Å². The third kappa shape index (κ3) is 4.18. The summed E-state index contributed by atoms with van der Waals surface area (Å²) in [6, 6.07) is 6.38. The molecule has 2 rings (SSSR count). The number of benzene rings is 1. The van der Waals surface area contributed by atoms with Crippen molar-refractivity contribution in [2.45, 2.75) is 0 Å². The maximum Gasteiger partial charge on any atom is 0.229 e. The number of halogens is 3. The molecule has 98 valence electrons. The first-order chi connectivity index (χ1) is 8.72. The monoisotopic (exact) mass is 274 g/mol. The molecule has 1 aliphatic rings. The minimum absolute atomic E-state index is 0.224. The van der Waals surface area contributed by atoms with Crippen molar-refractivity contribution in [1.29, 1.82) is 0 Å². The summed E-state index contributed by atoms with van der Waals surface area (Å²) >= 11 is 1.70. The Kier molecular flexibility index (Phi) is 6.49. The van der Waals surface area contributed by atoms with Crippen molar-refractivity contribution in [1.82, 2.24) is 0 Å². The van der Waals surface area contributed by atoms with E-state index < -0.39 is 6.93 Å². The quantitative estimate of drug-likeness (QED) is 0.771. The first kappa shape index (κ1) is 14.8. The molecule has 0 radical (unpaired) electrons. The normalized spacial score (nSPS) is 16.9. The Labute approximate surface area is 108 Å². The molecule has 0 saturated heterocycles. The molecule has 6 heteroatoms. The number of alkyl halides is 2. The van der Waals surface area contributed by atoms with Crippen LogP contribution in [-0.4, -0.2) is 37.0 Å². The molecule has 1 heterocycles. The summed E-state index contributed by atoms with van der Waals surface area (Å²) in [5.74, 6) is 0.745. The molecule has 0 unspecified atom stereocenters. The van der Waals surface area contributed by atoms with E-state index in [0.717, 1.165) is 28.6 Å².